The van der Waals surface area contributed by atoms with E-state index < -0.39 is 0 Å². The predicted molar refractivity (Wildman–Crippen MR) is 79.4 cm³/mol. The average molecular weight is 246 g/mol. The third-order valence-electron chi connectivity index (χ3n) is 3.32. The summed E-state index contributed by atoms with van der Waals surface area (Å²) in [4.78, 5) is 0. The second-order valence-corrected chi connectivity index (χ2v) is 4.93. The van der Waals surface area contributed by atoms with E-state index in [-0.39, 0.29) is 0 Å². The molecule has 0 radical (unpaired) electrons. The number of allylic oxidation sites excluding steroid dienone is 1. The summed E-state index contributed by atoms with van der Waals surface area (Å²) in [6, 6.07) is 10.4. The number of aliphatic hydroxyl groups excluding tert-OH is 1. The van der Waals surface area contributed by atoms with Crippen molar-refractivity contribution in [1.82, 2.24) is 0 Å². The molecule has 0 saturated heterocycles. The van der Waals surface area contributed by atoms with Crippen molar-refractivity contribution in [2.75, 3.05) is 6.61 Å². The van der Waals surface area contributed by atoms with Crippen LogP contribution in [0.2, 0.25) is 0 Å². The molecule has 1 unspecified atom stereocenters. The molecular weight excluding hydrogens is 220 g/mol. The maximum Gasteiger partial charge on any atom is 0.0459 e. The Morgan fingerprint density at radius 1 is 1.11 bits per heavy atom. The van der Waals surface area contributed by atoms with Gasteiger partial charge in [0, 0.05) is 6.61 Å². The Labute approximate surface area is 112 Å². The molecule has 0 aliphatic carbocycles. The van der Waals surface area contributed by atoms with Crippen molar-refractivity contribution in [1.29, 1.82) is 0 Å². The first kappa shape index (κ1) is 15.0. The zero-order chi connectivity index (χ0) is 13.1. The summed E-state index contributed by atoms with van der Waals surface area (Å²) in [5.74, 6) is 0.509. The maximum atomic E-state index is 9.27. The molecule has 1 rings (SSSR count). The van der Waals surface area contributed by atoms with E-state index in [4.69, 9.17) is 0 Å². The van der Waals surface area contributed by atoms with Crippen molar-refractivity contribution in [3.63, 3.8) is 0 Å². The SMILES string of the molecule is CCCCC(CO)CCCC=Cc1ccccc1. The average Bonchev–Trinajstić information content (AvgIpc) is 2.43. The van der Waals surface area contributed by atoms with E-state index in [9.17, 15) is 5.11 Å². The van der Waals surface area contributed by atoms with E-state index in [0.717, 1.165) is 12.8 Å². The number of rotatable bonds is 9. The smallest absolute Gasteiger partial charge is 0.0459 e. The van der Waals surface area contributed by atoms with Gasteiger partial charge in [-0.25, -0.2) is 0 Å². The minimum atomic E-state index is 0.350. The second kappa shape index (κ2) is 9.90. The number of hydrogen-bond donors (Lipinski definition) is 1. The molecule has 1 atom stereocenters. The second-order valence-electron chi connectivity index (χ2n) is 4.93. The molecule has 1 N–H and O–H groups in total. The van der Waals surface area contributed by atoms with Crippen LogP contribution in [0.4, 0.5) is 0 Å². The van der Waals surface area contributed by atoms with E-state index in [2.05, 4.69) is 43.3 Å². The molecular formula is C17H26O. The quantitative estimate of drug-likeness (QED) is 0.628. The first-order valence-electron chi connectivity index (χ1n) is 7.19. The van der Waals surface area contributed by atoms with Gasteiger partial charge in [0.15, 0.2) is 0 Å². The molecule has 18 heavy (non-hydrogen) atoms. The van der Waals surface area contributed by atoms with Crippen LogP contribution in [0.15, 0.2) is 36.4 Å². The largest absolute Gasteiger partial charge is 0.396 e. The molecule has 0 spiro atoms. The minimum absolute atomic E-state index is 0.350. The summed E-state index contributed by atoms with van der Waals surface area (Å²) in [6.07, 6.45) is 11.5. The molecule has 0 aliphatic heterocycles. The highest BCUT2D eigenvalue weighted by molar-refractivity contribution is 5.48. The molecule has 0 aliphatic rings. The Morgan fingerprint density at radius 2 is 1.83 bits per heavy atom. The first-order valence-corrected chi connectivity index (χ1v) is 7.19. The number of benzene rings is 1. The van der Waals surface area contributed by atoms with Gasteiger partial charge in [-0.05, 0) is 37.2 Å². The molecule has 1 heteroatoms. The highest BCUT2D eigenvalue weighted by atomic mass is 16.3. The zero-order valence-corrected chi connectivity index (χ0v) is 11.5. The van der Waals surface area contributed by atoms with Crippen LogP contribution in [0, 0.1) is 5.92 Å². The van der Waals surface area contributed by atoms with E-state index in [0.29, 0.717) is 12.5 Å². The van der Waals surface area contributed by atoms with Crippen molar-refractivity contribution in [2.24, 2.45) is 5.92 Å². The lowest BCUT2D eigenvalue weighted by Gasteiger charge is -2.12. The topological polar surface area (TPSA) is 20.2 Å². The van der Waals surface area contributed by atoms with Crippen LogP contribution in [-0.4, -0.2) is 11.7 Å². The third kappa shape index (κ3) is 6.61. The van der Waals surface area contributed by atoms with Gasteiger partial charge < -0.3 is 5.11 Å². The summed E-state index contributed by atoms with van der Waals surface area (Å²) in [5.41, 5.74) is 1.27. The molecule has 100 valence electrons. The summed E-state index contributed by atoms with van der Waals surface area (Å²) in [5, 5.41) is 9.27. The van der Waals surface area contributed by atoms with Crippen molar-refractivity contribution < 1.29 is 5.11 Å². The molecule has 1 nitrogen and oxygen atoms in total. The van der Waals surface area contributed by atoms with E-state index in [1.165, 1.54) is 31.2 Å². The lowest BCUT2D eigenvalue weighted by molar-refractivity contribution is 0.206. The Morgan fingerprint density at radius 3 is 2.50 bits per heavy atom. The van der Waals surface area contributed by atoms with Gasteiger partial charge in [-0.15, -0.1) is 0 Å². The van der Waals surface area contributed by atoms with E-state index in [1.54, 1.807) is 0 Å². The standard InChI is InChI=1S/C17H26O/c1-2-3-10-17(15-18)14-9-5-8-13-16-11-6-4-7-12-16/h4,6-8,11-13,17-18H,2-3,5,9-10,14-15H2,1H3. The summed E-state index contributed by atoms with van der Waals surface area (Å²) in [7, 11) is 0. The fraction of sp³-hybridized carbons (Fsp3) is 0.529. The van der Waals surface area contributed by atoms with Crippen LogP contribution in [-0.2, 0) is 0 Å². The fourth-order valence-corrected chi connectivity index (χ4v) is 2.13. The van der Waals surface area contributed by atoms with Crippen LogP contribution < -0.4 is 0 Å². The lowest BCUT2D eigenvalue weighted by Crippen LogP contribution is -2.05. The fourth-order valence-electron chi connectivity index (χ4n) is 2.13. The number of unbranched alkanes of at least 4 members (excludes halogenated alkanes) is 2. The van der Waals surface area contributed by atoms with Crippen LogP contribution in [0.1, 0.15) is 51.0 Å². The van der Waals surface area contributed by atoms with Crippen LogP contribution >= 0.6 is 0 Å². The van der Waals surface area contributed by atoms with Crippen LogP contribution in [0.5, 0.6) is 0 Å². The van der Waals surface area contributed by atoms with E-state index >= 15 is 0 Å². The van der Waals surface area contributed by atoms with Gasteiger partial charge in [-0.3, -0.25) is 0 Å². The van der Waals surface area contributed by atoms with Crippen molar-refractivity contribution in [3.05, 3.63) is 42.0 Å². The van der Waals surface area contributed by atoms with E-state index in [1.807, 2.05) is 6.07 Å². The third-order valence-corrected chi connectivity index (χ3v) is 3.32. The molecule has 0 bridgehead atoms. The van der Waals surface area contributed by atoms with Crippen molar-refractivity contribution in [2.45, 2.75) is 45.4 Å². The Balaban J connectivity index is 2.15. The molecule has 0 fully saturated rings. The van der Waals surface area contributed by atoms with Gasteiger partial charge in [0.25, 0.3) is 0 Å². The van der Waals surface area contributed by atoms with Gasteiger partial charge in [0.2, 0.25) is 0 Å². The summed E-state index contributed by atoms with van der Waals surface area (Å²) in [6.45, 7) is 2.55. The summed E-state index contributed by atoms with van der Waals surface area (Å²) >= 11 is 0. The molecule has 0 saturated carbocycles. The van der Waals surface area contributed by atoms with Gasteiger partial charge in [0.1, 0.15) is 0 Å². The number of hydrogen-bond acceptors (Lipinski definition) is 1. The Bertz CT molecular complexity index is 316. The monoisotopic (exact) mass is 246 g/mol. The highest BCUT2D eigenvalue weighted by Crippen LogP contribution is 2.16. The maximum absolute atomic E-state index is 9.27. The van der Waals surface area contributed by atoms with Gasteiger partial charge in [0.05, 0.1) is 0 Å². The van der Waals surface area contributed by atoms with Gasteiger partial charge in [-0.2, -0.15) is 0 Å². The number of aliphatic hydroxyl groups is 1. The molecule has 0 amide bonds. The normalized spacial score (nSPS) is 13.0. The van der Waals surface area contributed by atoms with Crippen LogP contribution in [0.25, 0.3) is 6.08 Å². The van der Waals surface area contributed by atoms with Gasteiger partial charge in [-0.1, -0.05) is 62.2 Å². The van der Waals surface area contributed by atoms with Crippen molar-refractivity contribution >= 4 is 6.08 Å². The Kier molecular flexibility index (Phi) is 8.24. The highest BCUT2D eigenvalue weighted by Gasteiger charge is 2.05. The van der Waals surface area contributed by atoms with Gasteiger partial charge >= 0.3 is 0 Å². The molecule has 0 aromatic heterocycles. The van der Waals surface area contributed by atoms with Crippen LogP contribution in [0.3, 0.4) is 0 Å². The molecule has 0 heterocycles. The van der Waals surface area contributed by atoms with Crippen molar-refractivity contribution in [3.8, 4) is 0 Å². The predicted octanol–water partition coefficient (Wildman–Crippen LogP) is 4.67. The Hall–Kier alpha value is -1.08. The zero-order valence-electron chi connectivity index (χ0n) is 11.5. The summed E-state index contributed by atoms with van der Waals surface area (Å²) < 4.78 is 0. The first-order chi connectivity index (χ1) is 8.86. The lowest BCUT2D eigenvalue weighted by atomic mass is 9.97. The molecule has 1 aromatic carbocycles. The molecule has 1 aromatic rings. The minimum Gasteiger partial charge on any atom is -0.396 e.